The fraction of sp³-hybridized carbons (Fsp3) is 0.385. The molecule has 1 aromatic carbocycles. The summed E-state index contributed by atoms with van der Waals surface area (Å²) in [5.41, 5.74) is -2.95. The van der Waals surface area contributed by atoms with Crippen molar-refractivity contribution in [1.82, 2.24) is 0 Å². The molecule has 1 fully saturated rings. The topological polar surface area (TPSA) is 96.0 Å². The first-order valence-corrected chi connectivity index (χ1v) is 6.16. The highest BCUT2D eigenvalue weighted by molar-refractivity contribution is 5.99. The van der Waals surface area contributed by atoms with Crippen LogP contribution >= 0.6 is 0 Å². The van der Waals surface area contributed by atoms with Crippen LogP contribution in [-0.2, 0) is 4.79 Å². The first kappa shape index (κ1) is 14.8. The van der Waals surface area contributed by atoms with E-state index in [-0.39, 0.29) is 18.8 Å². The van der Waals surface area contributed by atoms with Gasteiger partial charge in [0.05, 0.1) is 11.0 Å². The number of hydrogen-bond donors (Lipinski definition) is 1. The van der Waals surface area contributed by atoms with Gasteiger partial charge in [-0.3, -0.25) is 14.9 Å². The zero-order valence-corrected chi connectivity index (χ0v) is 11.0. The number of nitriles is 1. The third kappa shape index (κ3) is 2.42. The average Bonchev–Trinajstić information content (AvgIpc) is 2.39. The molecule has 0 atom stereocenters. The van der Waals surface area contributed by atoms with Gasteiger partial charge >= 0.3 is 0 Å². The molecule has 1 N–H and O–H groups in total. The highest BCUT2D eigenvalue weighted by Gasteiger charge is 2.49. The summed E-state index contributed by atoms with van der Waals surface area (Å²) in [6.45, 7) is 1.84. The number of anilines is 1. The van der Waals surface area contributed by atoms with E-state index < -0.39 is 39.3 Å². The Morgan fingerprint density at radius 2 is 2.14 bits per heavy atom. The molecule has 1 aromatic rings. The zero-order valence-electron chi connectivity index (χ0n) is 11.0. The summed E-state index contributed by atoms with van der Waals surface area (Å²) >= 11 is 0. The molecule has 8 heteroatoms. The van der Waals surface area contributed by atoms with Crippen molar-refractivity contribution in [3.63, 3.8) is 0 Å². The molecule has 0 saturated heterocycles. The van der Waals surface area contributed by atoms with Gasteiger partial charge in [-0.15, -0.1) is 0 Å². The van der Waals surface area contributed by atoms with Gasteiger partial charge in [0.1, 0.15) is 5.41 Å². The van der Waals surface area contributed by atoms with E-state index in [1.54, 1.807) is 0 Å². The SMILES string of the molecule is CC1CC(C#N)(C(=O)Nc2c([N+](=O)[O-])ccc(F)c2F)C1. The maximum Gasteiger partial charge on any atom is 0.296 e. The second-order valence-electron chi connectivity index (χ2n) is 5.17. The van der Waals surface area contributed by atoms with Crippen LogP contribution in [-0.4, -0.2) is 10.8 Å². The van der Waals surface area contributed by atoms with Crippen LogP contribution in [0.25, 0.3) is 0 Å². The van der Waals surface area contributed by atoms with Crippen LogP contribution in [0.3, 0.4) is 0 Å². The van der Waals surface area contributed by atoms with Crippen LogP contribution in [0.15, 0.2) is 12.1 Å². The number of carbonyl (C=O) groups excluding carboxylic acids is 1. The van der Waals surface area contributed by atoms with Crippen LogP contribution in [0.4, 0.5) is 20.2 Å². The lowest BCUT2D eigenvalue weighted by Crippen LogP contribution is -2.45. The third-order valence-electron chi connectivity index (χ3n) is 3.55. The van der Waals surface area contributed by atoms with E-state index in [9.17, 15) is 23.7 Å². The number of hydrogen-bond acceptors (Lipinski definition) is 4. The summed E-state index contributed by atoms with van der Waals surface area (Å²) in [6.07, 6.45) is 0.556. The molecule has 0 spiro atoms. The third-order valence-corrected chi connectivity index (χ3v) is 3.55. The van der Waals surface area contributed by atoms with E-state index in [1.165, 1.54) is 0 Å². The lowest BCUT2D eigenvalue weighted by Gasteiger charge is -2.39. The molecule has 0 aliphatic heterocycles. The van der Waals surface area contributed by atoms with Crippen molar-refractivity contribution < 1.29 is 18.5 Å². The molecule has 1 saturated carbocycles. The molecule has 1 amide bonds. The summed E-state index contributed by atoms with van der Waals surface area (Å²) in [5, 5.41) is 21.9. The van der Waals surface area contributed by atoms with E-state index >= 15 is 0 Å². The van der Waals surface area contributed by atoms with Gasteiger partial charge in [-0.2, -0.15) is 5.26 Å². The number of halogens is 2. The maximum absolute atomic E-state index is 13.7. The number of rotatable bonds is 3. The normalized spacial score (nSPS) is 23.8. The van der Waals surface area contributed by atoms with Crippen molar-refractivity contribution in [2.75, 3.05) is 5.32 Å². The van der Waals surface area contributed by atoms with Crippen molar-refractivity contribution in [2.45, 2.75) is 19.8 Å². The highest BCUT2D eigenvalue weighted by Crippen LogP contribution is 2.46. The largest absolute Gasteiger partial charge is 0.316 e. The average molecular weight is 295 g/mol. The number of nitrogens with zero attached hydrogens (tertiary/aromatic N) is 2. The first-order chi connectivity index (χ1) is 9.80. The Bertz CT molecular complexity index is 663. The van der Waals surface area contributed by atoms with Gasteiger partial charge < -0.3 is 5.32 Å². The van der Waals surface area contributed by atoms with Gasteiger partial charge in [-0.25, -0.2) is 8.78 Å². The summed E-state index contributed by atoms with van der Waals surface area (Å²) < 4.78 is 26.9. The van der Waals surface area contributed by atoms with Gasteiger partial charge in [0.2, 0.25) is 5.91 Å². The van der Waals surface area contributed by atoms with E-state index in [0.29, 0.717) is 6.07 Å². The smallest absolute Gasteiger partial charge is 0.296 e. The molecule has 0 aromatic heterocycles. The molecule has 0 bridgehead atoms. The molecule has 21 heavy (non-hydrogen) atoms. The number of nitro benzene ring substituents is 1. The molecule has 2 rings (SSSR count). The fourth-order valence-corrected chi connectivity index (χ4v) is 2.50. The predicted molar refractivity (Wildman–Crippen MR) is 68.1 cm³/mol. The van der Waals surface area contributed by atoms with Crippen LogP contribution in [0, 0.1) is 44.4 Å². The lowest BCUT2D eigenvalue weighted by atomic mass is 9.63. The molecule has 0 radical (unpaired) electrons. The van der Waals surface area contributed by atoms with E-state index in [1.807, 2.05) is 18.3 Å². The van der Waals surface area contributed by atoms with E-state index in [2.05, 4.69) is 0 Å². The first-order valence-electron chi connectivity index (χ1n) is 6.16. The van der Waals surface area contributed by atoms with E-state index in [4.69, 9.17) is 5.26 Å². The van der Waals surface area contributed by atoms with Crippen molar-refractivity contribution in [3.05, 3.63) is 33.9 Å². The Labute approximate surface area is 118 Å². The van der Waals surface area contributed by atoms with E-state index in [0.717, 1.165) is 6.07 Å². The summed E-state index contributed by atoms with van der Waals surface area (Å²) in [6, 6.07) is 3.22. The highest BCUT2D eigenvalue weighted by atomic mass is 19.2. The van der Waals surface area contributed by atoms with Crippen LogP contribution in [0.5, 0.6) is 0 Å². The van der Waals surface area contributed by atoms with Crippen LogP contribution in [0.2, 0.25) is 0 Å². The van der Waals surface area contributed by atoms with Gasteiger partial charge in [0, 0.05) is 6.07 Å². The number of amides is 1. The number of carbonyl (C=O) groups is 1. The number of nitro groups is 1. The summed E-state index contributed by atoms with van der Waals surface area (Å²) in [7, 11) is 0. The summed E-state index contributed by atoms with van der Waals surface area (Å²) in [5.74, 6) is -3.53. The second kappa shape index (κ2) is 5.09. The lowest BCUT2D eigenvalue weighted by molar-refractivity contribution is -0.384. The summed E-state index contributed by atoms with van der Waals surface area (Å²) in [4.78, 5) is 22.0. The predicted octanol–water partition coefficient (Wildman–Crippen LogP) is 2.75. The van der Waals surface area contributed by atoms with Crippen LogP contribution in [0.1, 0.15) is 19.8 Å². The van der Waals surface area contributed by atoms with Gasteiger partial charge in [0.15, 0.2) is 17.3 Å². The monoisotopic (exact) mass is 295 g/mol. The minimum Gasteiger partial charge on any atom is -0.316 e. The Morgan fingerprint density at radius 3 is 2.62 bits per heavy atom. The Kier molecular flexibility index (Phi) is 3.60. The van der Waals surface area contributed by atoms with Crippen molar-refractivity contribution in [2.24, 2.45) is 11.3 Å². The van der Waals surface area contributed by atoms with Gasteiger partial charge in [0.25, 0.3) is 5.69 Å². The van der Waals surface area contributed by atoms with Gasteiger partial charge in [-0.05, 0) is 24.8 Å². The molecule has 0 unspecified atom stereocenters. The number of benzene rings is 1. The standard InChI is InChI=1S/C13H11F2N3O3/c1-7-4-13(5-7,6-16)12(19)17-11-9(18(20)21)3-2-8(14)10(11)15/h2-3,7H,4-5H2,1H3,(H,17,19). The molecule has 6 nitrogen and oxygen atoms in total. The Balaban J connectivity index is 2.36. The zero-order chi connectivity index (χ0) is 15.8. The van der Waals surface area contributed by atoms with Crippen LogP contribution < -0.4 is 5.32 Å². The minimum absolute atomic E-state index is 0.155. The Hall–Kier alpha value is -2.56. The molecule has 110 valence electrons. The minimum atomic E-state index is -1.52. The van der Waals surface area contributed by atoms with Crippen molar-refractivity contribution in [1.29, 1.82) is 5.26 Å². The molecule has 1 aliphatic carbocycles. The van der Waals surface area contributed by atoms with Crippen molar-refractivity contribution in [3.8, 4) is 6.07 Å². The molecule has 1 aliphatic rings. The molecular weight excluding hydrogens is 284 g/mol. The molecule has 0 heterocycles. The number of nitrogens with one attached hydrogen (secondary N) is 1. The van der Waals surface area contributed by atoms with Crippen molar-refractivity contribution >= 4 is 17.3 Å². The quantitative estimate of drug-likeness (QED) is 0.685. The Morgan fingerprint density at radius 1 is 1.52 bits per heavy atom. The van der Waals surface area contributed by atoms with Gasteiger partial charge in [-0.1, -0.05) is 6.92 Å². The maximum atomic E-state index is 13.7. The molecular formula is C13H11F2N3O3. The fourth-order valence-electron chi connectivity index (χ4n) is 2.50. The second-order valence-corrected chi connectivity index (χ2v) is 5.17.